The molecule has 0 bridgehead atoms. The first-order valence-corrected chi connectivity index (χ1v) is 12.1. The molecular formula is C30H28F3N. The monoisotopic (exact) mass is 459 g/mol. The average Bonchev–Trinajstić information content (AvgIpc) is 2.84. The lowest BCUT2D eigenvalue weighted by Crippen LogP contribution is -2.14. The van der Waals surface area contributed by atoms with E-state index in [1.165, 1.54) is 43.9 Å². The van der Waals surface area contributed by atoms with Gasteiger partial charge in [-0.15, -0.1) is 0 Å². The number of halogens is 3. The van der Waals surface area contributed by atoms with Gasteiger partial charge in [0.25, 0.3) is 0 Å². The molecule has 0 aliphatic heterocycles. The Morgan fingerprint density at radius 2 is 1.59 bits per heavy atom. The molecule has 0 amide bonds. The van der Waals surface area contributed by atoms with Crippen LogP contribution in [-0.2, 0) is 0 Å². The van der Waals surface area contributed by atoms with E-state index in [1.807, 2.05) is 6.07 Å². The zero-order valence-corrected chi connectivity index (χ0v) is 19.4. The van der Waals surface area contributed by atoms with Crippen molar-refractivity contribution in [2.24, 2.45) is 5.92 Å². The van der Waals surface area contributed by atoms with Gasteiger partial charge in [-0.2, -0.15) is 5.26 Å². The maximum absolute atomic E-state index is 14.9. The fourth-order valence-corrected chi connectivity index (χ4v) is 5.06. The summed E-state index contributed by atoms with van der Waals surface area (Å²) in [6.07, 6.45) is 9.18. The Hall–Kier alpha value is -3.24. The van der Waals surface area contributed by atoms with Crippen molar-refractivity contribution in [2.75, 3.05) is 0 Å². The van der Waals surface area contributed by atoms with Crippen LogP contribution in [0.4, 0.5) is 13.2 Å². The number of fused-ring (bicyclic) bond motifs is 1. The smallest absolute Gasteiger partial charge is 0.148 e. The van der Waals surface area contributed by atoms with Crippen LogP contribution in [-0.4, -0.2) is 0 Å². The van der Waals surface area contributed by atoms with Crippen molar-refractivity contribution in [2.45, 2.75) is 64.2 Å². The van der Waals surface area contributed by atoms with Crippen molar-refractivity contribution >= 4 is 10.8 Å². The molecule has 34 heavy (non-hydrogen) atoms. The number of nitriles is 1. The summed E-state index contributed by atoms with van der Waals surface area (Å²) in [5, 5.41) is 9.79. The van der Waals surface area contributed by atoms with Crippen LogP contribution in [0.5, 0.6) is 0 Å². The first-order chi connectivity index (χ1) is 16.5. The van der Waals surface area contributed by atoms with Crippen molar-refractivity contribution in [3.8, 4) is 17.9 Å². The summed E-state index contributed by atoms with van der Waals surface area (Å²) < 4.78 is 44.3. The summed E-state index contributed by atoms with van der Waals surface area (Å²) >= 11 is 0. The second-order valence-electron chi connectivity index (χ2n) is 9.26. The average molecular weight is 460 g/mol. The SMILES string of the molecule is CCCCCC1CCC(c2cc(F)c(C#Cc3cccc4c(F)c(C#N)ccc34)c(F)c2)CC1. The van der Waals surface area contributed by atoms with Gasteiger partial charge in [-0.1, -0.05) is 62.6 Å². The molecule has 0 unspecified atom stereocenters. The molecule has 0 aromatic heterocycles. The Morgan fingerprint density at radius 3 is 2.26 bits per heavy atom. The summed E-state index contributed by atoms with van der Waals surface area (Å²) in [6, 6.07) is 12.5. The van der Waals surface area contributed by atoms with E-state index >= 15 is 0 Å². The number of benzene rings is 3. The molecule has 0 spiro atoms. The Kier molecular flexibility index (Phi) is 7.59. The molecule has 174 valence electrons. The lowest BCUT2D eigenvalue weighted by molar-refractivity contribution is 0.302. The van der Waals surface area contributed by atoms with E-state index in [0.29, 0.717) is 16.5 Å². The van der Waals surface area contributed by atoms with Crippen LogP contribution in [0.3, 0.4) is 0 Å². The van der Waals surface area contributed by atoms with Crippen molar-refractivity contribution in [3.05, 3.63) is 82.2 Å². The minimum Gasteiger partial charge on any atom is -0.206 e. The van der Waals surface area contributed by atoms with Gasteiger partial charge in [-0.3, -0.25) is 0 Å². The quantitative estimate of drug-likeness (QED) is 0.278. The molecule has 0 heterocycles. The van der Waals surface area contributed by atoms with E-state index in [9.17, 15) is 13.2 Å². The molecule has 3 aromatic rings. The van der Waals surface area contributed by atoms with E-state index in [0.717, 1.165) is 31.6 Å². The highest BCUT2D eigenvalue weighted by molar-refractivity contribution is 5.90. The highest BCUT2D eigenvalue weighted by Crippen LogP contribution is 2.38. The zero-order valence-electron chi connectivity index (χ0n) is 19.4. The number of hydrogen-bond donors (Lipinski definition) is 0. The van der Waals surface area contributed by atoms with E-state index in [2.05, 4.69) is 18.8 Å². The number of rotatable bonds is 5. The highest BCUT2D eigenvalue weighted by atomic mass is 19.1. The number of unbranched alkanes of at least 4 members (excludes halogenated alkanes) is 2. The predicted molar refractivity (Wildman–Crippen MR) is 130 cm³/mol. The molecule has 1 fully saturated rings. The van der Waals surface area contributed by atoms with Crippen LogP contribution in [0.2, 0.25) is 0 Å². The van der Waals surface area contributed by atoms with Crippen molar-refractivity contribution < 1.29 is 13.2 Å². The maximum atomic E-state index is 14.9. The zero-order chi connectivity index (χ0) is 24.1. The van der Waals surface area contributed by atoms with E-state index < -0.39 is 17.5 Å². The second-order valence-corrected chi connectivity index (χ2v) is 9.26. The first-order valence-electron chi connectivity index (χ1n) is 12.1. The Bertz CT molecular complexity index is 1260. The standard InChI is InChI=1S/C30H28F3N/c1-2-3-4-6-20-9-11-21(12-10-20)24-17-28(31)27(29(32)18-24)16-13-22-7-5-8-26-25(22)15-14-23(19-34)30(26)33/h5,7-8,14-15,17-18,20-21H,2-4,6,9-12H2,1H3. The molecule has 1 aliphatic carbocycles. The third-order valence-corrected chi connectivity index (χ3v) is 7.04. The van der Waals surface area contributed by atoms with Crippen LogP contribution in [0, 0.1) is 46.5 Å². The van der Waals surface area contributed by atoms with Crippen LogP contribution < -0.4 is 0 Å². The summed E-state index contributed by atoms with van der Waals surface area (Å²) in [7, 11) is 0. The molecule has 0 N–H and O–H groups in total. The van der Waals surface area contributed by atoms with Gasteiger partial charge in [-0.25, -0.2) is 13.2 Å². The second kappa shape index (κ2) is 10.8. The molecule has 0 atom stereocenters. The first kappa shape index (κ1) is 23.9. The fraction of sp³-hybridized carbons (Fsp3) is 0.367. The van der Waals surface area contributed by atoms with Gasteiger partial charge in [0.2, 0.25) is 0 Å². The molecule has 3 aromatic carbocycles. The molecule has 1 nitrogen and oxygen atoms in total. The topological polar surface area (TPSA) is 23.8 Å². The molecule has 1 aliphatic rings. The lowest BCUT2D eigenvalue weighted by atomic mass is 9.77. The molecular weight excluding hydrogens is 431 g/mol. The third kappa shape index (κ3) is 5.13. The summed E-state index contributed by atoms with van der Waals surface area (Å²) in [4.78, 5) is 0. The minimum atomic E-state index is -0.661. The third-order valence-electron chi connectivity index (χ3n) is 7.04. The molecule has 4 rings (SSSR count). The fourth-order valence-electron chi connectivity index (χ4n) is 5.06. The molecule has 1 saturated carbocycles. The van der Waals surface area contributed by atoms with Gasteiger partial charge in [0.05, 0.1) is 11.1 Å². The summed E-state index contributed by atoms with van der Waals surface area (Å²) in [5.74, 6) is 4.39. The van der Waals surface area contributed by atoms with Crippen LogP contribution in [0.15, 0.2) is 42.5 Å². The number of nitrogens with zero attached hydrogens (tertiary/aromatic N) is 1. The van der Waals surface area contributed by atoms with Gasteiger partial charge in [0, 0.05) is 16.3 Å². The van der Waals surface area contributed by atoms with Crippen molar-refractivity contribution in [1.29, 1.82) is 5.26 Å². The van der Waals surface area contributed by atoms with Crippen molar-refractivity contribution in [3.63, 3.8) is 0 Å². The Labute approximate surface area is 199 Å². The Balaban J connectivity index is 1.54. The number of hydrogen-bond acceptors (Lipinski definition) is 1. The highest BCUT2D eigenvalue weighted by Gasteiger charge is 2.24. The summed E-state index contributed by atoms with van der Waals surface area (Å²) in [6.45, 7) is 2.21. The predicted octanol–water partition coefficient (Wildman–Crippen LogP) is 8.38. The Morgan fingerprint density at radius 1 is 0.853 bits per heavy atom. The van der Waals surface area contributed by atoms with Gasteiger partial charge in [0.1, 0.15) is 23.5 Å². The van der Waals surface area contributed by atoms with E-state index in [-0.39, 0.29) is 22.4 Å². The largest absolute Gasteiger partial charge is 0.206 e. The molecule has 4 heteroatoms. The van der Waals surface area contributed by atoms with E-state index in [4.69, 9.17) is 5.26 Å². The molecule has 0 saturated heterocycles. The van der Waals surface area contributed by atoms with Crippen molar-refractivity contribution in [1.82, 2.24) is 0 Å². The van der Waals surface area contributed by atoms with Gasteiger partial charge in [0.15, 0.2) is 0 Å². The normalized spacial score (nSPS) is 17.7. The minimum absolute atomic E-state index is 0.0553. The maximum Gasteiger partial charge on any atom is 0.148 e. The lowest BCUT2D eigenvalue weighted by Gasteiger charge is -2.29. The van der Waals surface area contributed by atoms with Gasteiger partial charge < -0.3 is 0 Å². The summed E-state index contributed by atoms with van der Waals surface area (Å²) in [5.41, 5.74) is 0.831. The van der Waals surface area contributed by atoms with Gasteiger partial charge >= 0.3 is 0 Å². The van der Waals surface area contributed by atoms with Crippen LogP contribution in [0.1, 0.15) is 86.5 Å². The van der Waals surface area contributed by atoms with E-state index in [1.54, 1.807) is 24.3 Å². The van der Waals surface area contributed by atoms with Crippen LogP contribution >= 0.6 is 0 Å². The molecule has 0 radical (unpaired) electrons. The van der Waals surface area contributed by atoms with Crippen LogP contribution in [0.25, 0.3) is 10.8 Å². The van der Waals surface area contributed by atoms with Gasteiger partial charge in [-0.05, 0) is 67.3 Å².